The fourth-order valence-electron chi connectivity index (χ4n) is 3.24. The topological polar surface area (TPSA) is 46.2 Å². The zero-order valence-corrected chi connectivity index (χ0v) is 19.9. The first kappa shape index (κ1) is 23.0. The van der Waals surface area contributed by atoms with Crippen LogP contribution in [-0.4, -0.2) is 50.9 Å². The zero-order valence-electron chi connectivity index (χ0n) is 18.9. The molecule has 5 nitrogen and oxygen atoms in total. The molecule has 2 saturated heterocycles. The van der Waals surface area contributed by atoms with Crippen molar-refractivity contribution < 1.29 is 23.4 Å². The molecule has 0 aromatic rings. The molecule has 158 valence electrons. The summed E-state index contributed by atoms with van der Waals surface area (Å²) in [5.41, 5.74) is 0. The van der Waals surface area contributed by atoms with Gasteiger partial charge < -0.3 is 23.4 Å². The van der Waals surface area contributed by atoms with Crippen molar-refractivity contribution in [3.63, 3.8) is 0 Å². The van der Waals surface area contributed by atoms with E-state index in [-0.39, 0.29) is 29.5 Å². The third kappa shape index (κ3) is 5.64. The van der Waals surface area contributed by atoms with Crippen molar-refractivity contribution in [1.29, 1.82) is 0 Å². The Kier molecular flexibility index (Phi) is 6.72. The van der Waals surface area contributed by atoms with Gasteiger partial charge in [0.15, 0.2) is 19.9 Å². The van der Waals surface area contributed by atoms with Gasteiger partial charge in [0, 0.05) is 0 Å². The van der Waals surface area contributed by atoms with E-state index in [2.05, 4.69) is 52.9 Å². The van der Waals surface area contributed by atoms with Crippen molar-refractivity contribution >= 4 is 8.32 Å². The highest BCUT2D eigenvalue weighted by Gasteiger charge is 2.53. The van der Waals surface area contributed by atoms with E-state index in [4.69, 9.17) is 23.4 Å². The normalized spacial score (nSPS) is 32.3. The van der Waals surface area contributed by atoms with Crippen molar-refractivity contribution in [3.05, 3.63) is 12.2 Å². The van der Waals surface area contributed by atoms with Crippen LogP contribution in [0.15, 0.2) is 12.2 Å². The Balaban J connectivity index is 2.29. The molecule has 0 saturated carbocycles. The summed E-state index contributed by atoms with van der Waals surface area (Å²) in [6.45, 7) is 21.7. The Morgan fingerprint density at radius 2 is 1.70 bits per heavy atom. The lowest BCUT2D eigenvalue weighted by Crippen LogP contribution is -2.51. The Hall–Kier alpha value is -0.243. The van der Waals surface area contributed by atoms with E-state index >= 15 is 0 Å². The molecule has 0 bridgehead atoms. The van der Waals surface area contributed by atoms with Gasteiger partial charge in [-0.2, -0.15) is 0 Å². The minimum absolute atomic E-state index is 0.116. The molecular formula is C21H40O5Si. The molecule has 0 aromatic heterocycles. The first-order valence-corrected chi connectivity index (χ1v) is 13.1. The summed E-state index contributed by atoms with van der Waals surface area (Å²) in [4.78, 5) is 0. The van der Waals surface area contributed by atoms with Crippen molar-refractivity contribution in [2.24, 2.45) is 0 Å². The summed E-state index contributed by atoms with van der Waals surface area (Å²) in [5, 5.41) is 0.116. The number of rotatable bonds is 6. The predicted molar refractivity (Wildman–Crippen MR) is 110 cm³/mol. The maximum Gasteiger partial charge on any atom is 0.193 e. The van der Waals surface area contributed by atoms with Crippen molar-refractivity contribution in [2.75, 3.05) is 6.61 Å². The summed E-state index contributed by atoms with van der Waals surface area (Å²) in [6, 6.07) is 0. The molecule has 0 aliphatic carbocycles. The van der Waals surface area contributed by atoms with Gasteiger partial charge >= 0.3 is 0 Å². The second-order valence-electron chi connectivity index (χ2n) is 10.1. The van der Waals surface area contributed by atoms with Crippen molar-refractivity contribution in [1.82, 2.24) is 0 Å². The quantitative estimate of drug-likeness (QED) is 0.463. The monoisotopic (exact) mass is 400 g/mol. The van der Waals surface area contributed by atoms with Crippen LogP contribution in [0.2, 0.25) is 18.1 Å². The first-order chi connectivity index (χ1) is 12.2. The van der Waals surface area contributed by atoms with Crippen LogP contribution in [0.3, 0.4) is 0 Å². The van der Waals surface area contributed by atoms with E-state index in [0.717, 1.165) is 6.42 Å². The molecule has 27 heavy (non-hydrogen) atoms. The first-order valence-electron chi connectivity index (χ1n) is 10.2. The van der Waals surface area contributed by atoms with Crippen LogP contribution in [0.1, 0.15) is 61.8 Å². The van der Waals surface area contributed by atoms with Gasteiger partial charge in [-0.25, -0.2) is 0 Å². The second-order valence-corrected chi connectivity index (χ2v) is 14.9. The van der Waals surface area contributed by atoms with E-state index in [9.17, 15) is 0 Å². The van der Waals surface area contributed by atoms with Crippen LogP contribution in [0, 0.1) is 0 Å². The van der Waals surface area contributed by atoms with E-state index in [1.165, 1.54) is 0 Å². The Bertz CT molecular complexity index is 535. The maximum atomic E-state index is 6.77. The fraction of sp³-hybridized carbons (Fsp3) is 0.905. The third-order valence-corrected chi connectivity index (χ3v) is 10.2. The summed E-state index contributed by atoms with van der Waals surface area (Å²) in [7, 11) is -1.99. The minimum atomic E-state index is -1.99. The smallest absolute Gasteiger partial charge is 0.193 e. The van der Waals surface area contributed by atoms with Gasteiger partial charge in [0.2, 0.25) is 0 Å². The van der Waals surface area contributed by atoms with Gasteiger partial charge in [0.25, 0.3) is 0 Å². The van der Waals surface area contributed by atoms with E-state index in [1.807, 2.05) is 27.7 Å². The Morgan fingerprint density at radius 3 is 2.19 bits per heavy atom. The predicted octanol–water partition coefficient (Wildman–Crippen LogP) is 5.01. The summed E-state index contributed by atoms with van der Waals surface area (Å²) in [5.74, 6) is -1.28. The maximum absolute atomic E-state index is 6.77. The van der Waals surface area contributed by atoms with E-state index in [0.29, 0.717) is 6.61 Å². The second kappa shape index (κ2) is 7.88. The number of allylic oxidation sites excluding steroid dienone is 1. The molecule has 2 fully saturated rings. The van der Waals surface area contributed by atoms with E-state index in [1.54, 1.807) is 0 Å². The number of hydrogen-bond acceptors (Lipinski definition) is 5. The molecule has 0 aromatic carbocycles. The van der Waals surface area contributed by atoms with Gasteiger partial charge in [0.05, 0.1) is 12.7 Å². The third-order valence-electron chi connectivity index (χ3n) is 5.68. The molecule has 0 radical (unpaired) electrons. The van der Waals surface area contributed by atoms with Crippen LogP contribution in [0.4, 0.5) is 0 Å². The SMILES string of the molecule is CC/C=C/[C@H](O[Si](C)(C)C(C)(C)C)[C@H]1OC(C)(C)O[C@@H]1[C@H]1COC(C)(C)O1. The molecular weight excluding hydrogens is 360 g/mol. The minimum Gasteiger partial charge on any atom is -0.408 e. The fourth-order valence-corrected chi connectivity index (χ4v) is 4.49. The molecule has 2 heterocycles. The van der Waals surface area contributed by atoms with Crippen molar-refractivity contribution in [3.8, 4) is 0 Å². The molecule has 2 aliphatic rings. The van der Waals surface area contributed by atoms with Gasteiger partial charge in [-0.05, 0) is 52.2 Å². The highest BCUT2D eigenvalue weighted by Crippen LogP contribution is 2.42. The average molecular weight is 401 g/mol. The van der Waals surface area contributed by atoms with Crippen LogP contribution >= 0.6 is 0 Å². The van der Waals surface area contributed by atoms with Crippen LogP contribution in [0.25, 0.3) is 0 Å². The summed E-state index contributed by atoms with van der Waals surface area (Å²) >= 11 is 0. The van der Waals surface area contributed by atoms with Gasteiger partial charge in [0.1, 0.15) is 18.3 Å². The lowest BCUT2D eigenvalue weighted by molar-refractivity contribution is -0.175. The molecule has 0 N–H and O–H groups in total. The molecule has 0 spiro atoms. The van der Waals surface area contributed by atoms with Crippen LogP contribution in [0.5, 0.6) is 0 Å². The molecule has 6 heteroatoms. The number of ether oxygens (including phenoxy) is 4. The summed E-state index contributed by atoms with van der Waals surface area (Å²) in [6.07, 6.45) is 4.42. The standard InChI is InChI=1S/C21H40O5Si/c1-11-12-13-15(26-27(9,10)19(2,3)4)17-18(25-21(7,8)24-17)16-14-22-20(5,6)23-16/h12-13,15-18H,11,14H2,1-10H3/b13-12+/t15-,16+,17+,18+/m0/s1. The summed E-state index contributed by atoms with van der Waals surface area (Å²) < 4.78 is 31.3. The zero-order chi connectivity index (χ0) is 20.7. The Morgan fingerprint density at radius 1 is 1.07 bits per heavy atom. The molecule has 2 aliphatic heterocycles. The van der Waals surface area contributed by atoms with Crippen LogP contribution in [-0.2, 0) is 23.4 Å². The lowest BCUT2D eigenvalue weighted by atomic mass is 10.0. The van der Waals surface area contributed by atoms with Crippen molar-refractivity contribution in [2.45, 2.75) is 116 Å². The number of hydrogen-bond donors (Lipinski definition) is 0. The van der Waals surface area contributed by atoms with E-state index < -0.39 is 19.9 Å². The molecule has 0 amide bonds. The van der Waals surface area contributed by atoms with Crippen LogP contribution < -0.4 is 0 Å². The Labute approximate surface area is 166 Å². The molecule has 0 unspecified atom stereocenters. The highest BCUT2D eigenvalue weighted by molar-refractivity contribution is 6.74. The molecule has 4 atom stereocenters. The van der Waals surface area contributed by atoms with Gasteiger partial charge in [-0.3, -0.25) is 0 Å². The lowest BCUT2D eigenvalue weighted by Gasteiger charge is -2.40. The average Bonchev–Trinajstić information content (AvgIpc) is 3.01. The largest absolute Gasteiger partial charge is 0.408 e. The van der Waals surface area contributed by atoms with Gasteiger partial charge in [-0.1, -0.05) is 39.8 Å². The van der Waals surface area contributed by atoms with Gasteiger partial charge in [-0.15, -0.1) is 0 Å². The highest BCUT2D eigenvalue weighted by atomic mass is 28.4. The molecule has 2 rings (SSSR count).